The number of benzene rings is 1. The lowest BCUT2D eigenvalue weighted by Crippen LogP contribution is -1.99. The number of hydrogen-bond donors (Lipinski definition) is 1. The highest BCUT2D eigenvalue weighted by Crippen LogP contribution is 2.08. The molecule has 0 bridgehead atoms. The van der Waals surface area contributed by atoms with Gasteiger partial charge in [-0.3, -0.25) is 4.79 Å². The summed E-state index contributed by atoms with van der Waals surface area (Å²) in [6, 6.07) is 6.39. The maximum absolute atomic E-state index is 11.5. The molecular formula is C11H12O4S. The van der Waals surface area contributed by atoms with Gasteiger partial charge in [-0.25, -0.2) is 8.42 Å². The smallest absolute Gasteiger partial charge is 0.163 e. The second kappa shape index (κ2) is 6.17. The van der Waals surface area contributed by atoms with Gasteiger partial charge in [-0.15, -0.1) is 0 Å². The van der Waals surface area contributed by atoms with Crippen molar-refractivity contribution < 1.29 is 18.0 Å². The Bertz CT molecular complexity index is 438. The summed E-state index contributed by atoms with van der Waals surface area (Å²) in [6.45, 7) is 0. The maximum Gasteiger partial charge on any atom is 0.163 e. The first-order chi connectivity index (χ1) is 7.63. The van der Waals surface area contributed by atoms with E-state index in [1.807, 2.05) is 0 Å². The Morgan fingerprint density at radius 3 is 2.31 bits per heavy atom. The van der Waals surface area contributed by atoms with Gasteiger partial charge in [-0.05, 0) is 5.56 Å². The first-order valence-corrected chi connectivity index (χ1v) is 6.17. The van der Waals surface area contributed by atoms with E-state index in [-0.39, 0.29) is 24.4 Å². The molecule has 16 heavy (non-hydrogen) atoms. The van der Waals surface area contributed by atoms with Crippen LogP contribution in [0.1, 0.15) is 28.8 Å². The van der Waals surface area contributed by atoms with Crippen molar-refractivity contribution in [3.05, 3.63) is 35.4 Å². The Hall–Kier alpha value is -1.49. The summed E-state index contributed by atoms with van der Waals surface area (Å²) in [5.74, 6) is -0.122. The van der Waals surface area contributed by atoms with Crippen molar-refractivity contribution in [1.82, 2.24) is 0 Å². The molecule has 1 rings (SSSR count). The van der Waals surface area contributed by atoms with Crippen LogP contribution in [0.25, 0.3) is 0 Å². The van der Waals surface area contributed by atoms with Crippen molar-refractivity contribution in [2.45, 2.75) is 18.6 Å². The molecular weight excluding hydrogens is 228 g/mol. The van der Waals surface area contributed by atoms with Gasteiger partial charge in [0.25, 0.3) is 0 Å². The zero-order chi connectivity index (χ0) is 12.0. The van der Waals surface area contributed by atoms with Gasteiger partial charge >= 0.3 is 0 Å². The van der Waals surface area contributed by atoms with E-state index in [0.29, 0.717) is 17.4 Å². The summed E-state index contributed by atoms with van der Waals surface area (Å²) < 4.78 is 20.9. The van der Waals surface area contributed by atoms with Crippen molar-refractivity contribution in [2.24, 2.45) is 0 Å². The Balaban J connectivity index is 2.70. The zero-order valence-corrected chi connectivity index (χ0v) is 9.48. The van der Waals surface area contributed by atoms with Gasteiger partial charge in [0.2, 0.25) is 0 Å². The van der Waals surface area contributed by atoms with E-state index in [1.165, 1.54) is 0 Å². The number of rotatable bonds is 6. The minimum absolute atomic E-state index is 0.0157. The normalized spacial score (nSPS) is 10.3. The van der Waals surface area contributed by atoms with E-state index in [4.69, 9.17) is 0 Å². The van der Waals surface area contributed by atoms with Crippen molar-refractivity contribution in [3.63, 3.8) is 0 Å². The Labute approximate surface area is 95.2 Å². The lowest BCUT2D eigenvalue weighted by atomic mass is 10.1. The molecule has 0 aliphatic rings. The van der Waals surface area contributed by atoms with Crippen molar-refractivity contribution >= 4 is 22.8 Å². The minimum atomic E-state index is -2.44. The fourth-order valence-electron chi connectivity index (χ4n) is 1.28. The Morgan fingerprint density at radius 2 is 1.81 bits per heavy atom. The summed E-state index contributed by atoms with van der Waals surface area (Å²) in [5, 5.41) is 0. The van der Waals surface area contributed by atoms with Crippen LogP contribution in [0.3, 0.4) is 0 Å². The molecule has 0 amide bonds. The summed E-state index contributed by atoms with van der Waals surface area (Å²) in [6.07, 6.45) is 1.11. The van der Waals surface area contributed by atoms with Gasteiger partial charge in [0.1, 0.15) is 17.0 Å². The van der Waals surface area contributed by atoms with Crippen molar-refractivity contribution in [3.8, 4) is 0 Å². The minimum Gasteiger partial charge on any atom is -0.303 e. The molecule has 0 aromatic heterocycles. The van der Waals surface area contributed by atoms with Crippen LogP contribution >= 0.6 is 0 Å². The van der Waals surface area contributed by atoms with Crippen LogP contribution in [0.5, 0.6) is 0 Å². The lowest BCUT2D eigenvalue weighted by molar-refractivity contribution is -0.107. The van der Waals surface area contributed by atoms with E-state index in [2.05, 4.69) is 0 Å². The average molecular weight is 240 g/mol. The SMILES string of the molecule is O=CCCC(=O)c1ccc(C[SH](=O)=O)cc1. The number of ketones is 1. The highest BCUT2D eigenvalue weighted by Gasteiger charge is 2.05. The van der Waals surface area contributed by atoms with Gasteiger partial charge in [-0.1, -0.05) is 24.3 Å². The van der Waals surface area contributed by atoms with Gasteiger partial charge in [0, 0.05) is 18.4 Å². The molecule has 1 aromatic rings. The van der Waals surface area contributed by atoms with Gasteiger partial charge in [-0.2, -0.15) is 0 Å². The number of thiol groups is 1. The maximum atomic E-state index is 11.5. The van der Waals surface area contributed by atoms with Gasteiger partial charge in [0.15, 0.2) is 5.78 Å². The summed E-state index contributed by atoms with van der Waals surface area (Å²) in [7, 11) is -2.44. The molecule has 0 fully saturated rings. The molecule has 0 N–H and O–H groups in total. The standard InChI is InChI=1S/C11H12O4S/c12-7-1-2-11(13)10-5-3-9(4-6-10)8-16(14)15/h3-7,16H,1-2,8H2. The lowest BCUT2D eigenvalue weighted by Gasteiger charge is -2.00. The Kier molecular flexibility index (Phi) is 4.85. The van der Waals surface area contributed by atoms with E-state index in [0.717, 1.165) is 0 Å². The van der Waals surface area contributed by atoms with Crippen LogP contribution in [0.2, 0.25) is 0 Å². The third-order valence-electron chi connectivity index (χ3n) is 2.08. The molecule has 1 aromatic carbocycles. The van der Waals surface area contributed by atoms with Crippen LogP contribution in [0.15, 0.2) is 24.3 Å². The summed E-state index contributed by atoms with van der Waals surface area (Å²) >= 11 is 0. The van der Waals surface area contributed by atoms with Crippen LogP contribution in [-0.4, -0.2) is 20.5 Å². The average Bonchev–Trinajstić information content (AvgIpc) is 2.26. The number of aldehydes is 1. The predicted octanol–water partition coefficient (Wildman–Crippen LogP) is 0.960. The van der Waals surface area contributed by atoms with E-state index in [9.17, 15) is 18.0 Å². The Morgan fingerprint density at radius 1 is 1.19 bits per heavy atom. The first kappa shape index (κ1) is 12.6. The molecule has 86 valence electrons. The molecule has 0 unspecified atom stereocenters. The topological polar surface area (TPSA) is 68.3 Å². The van der Waals surface area contributed by atoms with E-state index >= 15 is 0 Å². The fourth-order valence-corrected chi connectivity index (χ4v) is 1.79. The fraction of sp³-hybridized carbons (Fsp3) is 0.273. The molecule has 0 aliphatic heterocycles. The van der Waals surface area contributed by atoms with Crippen LogP contribution in [0, 0.1) is 0 Å². The highest BCUT2D eigenvalue weighted by molar-refractivity contribution is 7.71. The molecule has 0 spiro atoms. The van der Waals surface area contributed by atoms with E-state index < -0.39 is 10.7 Å². The van der Waals surface area contributed by atoms with Gasteiger partial charge < -0.3 is 4.79 Å². The van der Waals surface area contributed by atoms with Crippen LogP contribution in [0.4, 0.5) is 0 Å². The van der Waals surface area contributed by atoms with Crippen LogP contribution in [-0.2, 0) is 21.3 Å². The number of carbonyl (C=O) groups excluding carboxylic acids is 2. The molecule has 0 aliphatic carbocycles. The molecule has 4 nitrogen and oxygen atoms in total. The molecule has 0 saturated heterocycles. The molecule has 0 atom stereocenters. The largest absolute Gasteiger partial charge is 0.303 e. The quantitative estimate of drug-likeness (QED) is 0.457. The predicted molar refractivity (Wildman–Crippen MR) is 60.1 cm³/mol. The van der Waals surface area contributed by atoms with Gasteiger partial charge in [0.05, 0.1) is 5.75 Å². The first-order valence-electron chi connectivity index (χ1n) is 4.81. The second-order valence-corrected chi connectivity index (χ2v) is 4.30. The molecule has 5 heteroatoms. The van der Waals surface area contributed by atoms with Crippen molar-refractivity contribution in [2.75, 3.05) is 0 Å². The highest BCUT2D eigenvalue weighted by atomic mass is 32.2. The molecule has 0 saturated carbocycles. The number of hydrogen-bond acceptors (Lipinski definition) is 4. The van der Waals surface area contributed by atoms with E-state index in [1.54, 1.807) is 24.3 Å². The number of Topliss-reactive ketones (excluding diaryl/α,β-unsaturated/α-hetero) is 1. The third kappa shape index (κ3) is 3.94. The van der Waals surface area contributed by atoms with Crippen molar-refractivity contribution in [1.29, 1.82) is 0 Å². The second-order valence-electron chi connectivity index (χ2n) is 3.32. The third-order valence-corrected chi connectivity index (χ3v) is 2.70. The number of carbonyl (C=O) groups is 2. The summed E-state index contributed by atoms with van der Waals surface area (Å²) in [5.41, 5.74) is 1.16. The molecule has 0 radical (unpaired) electrons. The zero-order valence-electron chi connectivity index (χ0n) is 8.59. The van der Waals surface area contributed by atoms with Crippen LogP contribution < -0.4 is 0 Å². The monoisotopic (exact) mass is 240 g/mol. The molecule has 0 heterocycles. The summed E-state index contributed by atoms with van der Waals surface area (Å²) in [4.78, 5) is 21.6.